The lowest BCUT2D eigenvalue weighted by molar-refractivity contribution is -0.190. The smallest absolute Gasteiger partial charge is 0.309 e. The topological polar surface area (TPSA) is 96.0 Å². The predicted octanol–water partition coefficient (Wildman–Crippen LogP) is 2.80. The number of rotatable bonds is 3. The first-order chi connectivity index (χ1) is 13.4. The lowest BCUT2D eigenvalue weighted by Gasteiger charge is -2.42. The highest BCUT2D eigenvalue weighted by atomic mass is 16.6. The van der Waals surface area contributed by atoms with Crippen molar-refractivity contribution in [3.63, 3.8) is 0 Å². The average molecular weight is 415 g/mol. The van der Waals surface area contributed by atoms with Crippen LogP contribution in [0.2, 0.25) is 0 Å². The van der Waals surface area contributed by atoms with Crippen molar-refractivity contribution in [3.8, 4) is 0 Å². The molecule has 6 nitrogen and oxygen atoms in total. The zero-order chi connectivity index (χ0) is 22.4. The summed E-state index contributed by atoms with van der Waals surface area (Å²) < 4.78 is 5.72. The van der Waals surface area contributed by atoms with E-state index in [-0.39, 0.29) is 17.9 Å². The third-order valence-corrected chi connectivity index (χ3v) is 6.64. The fourth-order valence-corrected chi connectivity index (χ4v) is 5.12. The van der Waals surface area contributed by atoms with Crippen LogP contribution in [0.15, 0.2) is 0 Å². The first-order valence-corrected chi connectivity index (χ1v) is 11.5. The SMILES string of the molecule is CC[C@H]1OC(=O)C(C)C[C@H](C)C[C@@H](C)C[C@@H](C)CN(CCN)C(C)C(O)[C@]1(C)O. The molecule has 0 saturated carbocycles. The van der Waals surface area contributed by atoms with Crippen LogP contribution in [0.25, 0.3) is 0 Å². The fourth-order valence-electron chi connectivity index (χ4n) is 5.12. The minimum Gasteiger partial charge on any atom is -0.459 e. The van der Waals surface area contributed by atoms with Gasteiger partial charge in [-0.05, 0) is 57.3 Å². The highest BCUT2D eigenvalue weighted by Gasteiger charge is 2.45. The van der Waals surface area contributed by atoms with E-state index in [2.05, 4.69) is 25.7 Å². The van der Waals surface area contributed by atoms with E-state index in [4.69, 9.17) is 10.5 Å². The van der Waals surface area contributed by atoms with Crippen molar-refractivity contribution in [2.24, 2.45) is 29.4 Å². The van der Waals surface area contributed by atoms with Gasteiger partial charge in [0.05, 0.1) is 5.92 Å². The summed E-state index contributed by atoms with van der Waals surface area (Å²) in [4.78, 5) is 14.9. The monoisotopic (exact) mass is 414 g/mol. The normalized spacial score (nSPS) is 42.0. The standard InChI is InChI=1S/C23H46N2O4/c1-8-20-23(7,28)21(26)19(6)25(10-9-24)14-17(4)12-15(2)11-16(3)13-18(5)22(27)29-20/h15-21,26,28H,8-14,24H2,1-7H3/t15-,16-,17-,18?,19?,20-,21?,23-/m1/s1. The number of esters is 1. The second-order valence-corrected chi connectivity index (χ2v) is 9.95. The van der Waals surface area contributed by atoms with Crippen molar-refractivity contribution in [2.45, 2.75) is 98.0 Å². The largest absolute Gasteiger partial charge is 0.459 e. The Morgan fingerprint density at radius 1 is 1.10 bits per heavy atom. The molecule has 6 heteroatoms. The van der Waals surface area contributed by atoms with E-state index in [0.717, 1.165) is 25.8 Å². The summed E-state index contributed by atoms with van der Waals surface area (Å²) in [5.74, 6) is 0.909. The van der Waals surface area contributed by atoms with Gasteiger partial charge in [0, 0.05) is 25.7 Å². The van der Waals surface area contributed by atoms with Gasteiger partial charge in [-0.3, -0.25) is 9.69 Å². The molecule has 3 unspecified atom stereocenters. The van der Waals surface area contributed by atoms with Crippen molar-refractivity contribution in [1.82, 2.24) is 4.90 Å². The number of hydrogen-bond donors (Lipinski definition) is 3. The number of carbonyl (C=O) groups is 1. The second kappa shape index (κ2) is 11.6. The van der Waals surface area contributed by atoms with Crippen molar-refractivity contribution in [1.29, 1.82) is 0 Å². The van der Waals surface area contributed by atoms with E-state index in [1.54, 1.807) is 6.92 Å². The molecule has 0 amide bonds. The van der Waals surface area contributed by atoms with E-state index in [1.807, 2.05) is 20.8 Å². The molecule has 1 aliphatic rings. The number of cyclic esters (lactones) is 1. The Labute approximate surface area is 178 Å². The summed E-state index contributed by atoms with van der Waals surface area (Å²) in [6.07, 6.45) is 1.55. The van der Waals surface area contributed by atoms with Gasteiger partial charge in [-0.1, -0.05) is 34.6 Å². The molecule has 1 heterocycles. The van der Waals surface area contributed by atoms with Crippen molar-refractivity contribution >= 4 is 5.97 Å². The Kier molecular flexibility index (Phi) is 10.6. The van der Waals surface area contributed by atoms with Crippen LogP contribution in [-0.4, -0.2) is 64.6 Å². The third-order valence-electron chi connectivity index (χ3n) is 6.64. The molecule has 0 bridgehead atoms. The van der Waals surface area contributed by atoms with Crippen LogP contribution in [0, 0.1) is 23.7 Å². The van der Waals surface area contributed by atoms with E-state index >= 15 is 0 Å². The van der Waals surface area contributed by atoms with Crippen LogP contribution in [0.1, 0.15) is 74.1 Å². The van der Waals surface area contributed by atoms with Crippen molar-refractivity contribution in [2.75, 3.05) is 19.6 Å². The third kappa shape index (κ3) is 7.50. The maximum atomic E-state index is 12.7. The molecular weight excluding hydrogens is 368 g/mol. The number of hydrogen-bond acceptors (Lipinski definition) is 6. The van der Waals surface area contributed by atoms with Gasteiger partial charge in [-0.2, -0.15) is 0 Å². The van der Waals surface area contributed by atoms with E-state index < -0.39 is 17.8 Å². The Morgan fingerprint density at radius 3 is 2.21 bits per heavy atom. The summed E-state index contributed by atoms with van der Waals surface area (Å²) in [5, 5.41) is 22.3. The quantitative estimate of drug-likeness (QED) is 0.615. The Bertz CT molecular complexity index is 499. The van der Waals surface area contributed by atoms with Crippen LogP contribution in [0.5, 0.6) is 0 Å². The molecule has 0 aliphatic carbocycles. The predicted molar refractivity (Wildman–Crippen MR) is 117 cm³/mol. The molecule has 1 aliphatic heterocycles. The highest BCUT2D eigenvalue weighted by Crippen LogP contribution is 2.30. The lowest BCUT2D eigenvalue weighted by atomic mass is 9.85. The fraction of sp³-hybridized carbons (Fsp3) is 0.957. The maximum absolute atomic E-state index is 12.7. The van der Waals surface area contributed by atoms with Gasteiger partial charge in [-0.25, -0.2) is 0 Å². The summed E-state index contributed by atoms with van der Waals surface area (Å²) in [7, 11) is 0. The van der Waals surface area contributed by atoms with Gasteiger partial charge < -0.3 is 20.7 Å². The van der Waals surface area contributed by atoms with Crippen LogP contribution in [0.4, 0.5) is 0 Å². The number of carbonyl (C=O) groups excluding carboxylic acids is 1. The molecule has 0 radical (unpaired) electrons. The van der Waals surface area contributed by atoms with E-state index in [0.29, 0.717) is 37.3 Å². The number of aliphatic hydroxyl groups is 2. The Balaban J connectivity index is 3.21. The first-order valence-electron chi connectivity index (χ1n) is 11.5. The molecular formula is C23H46N2O4. The molecule has 8 atom stereocenters. The molecule has 4 N–H and O–H groups in total. The Hall–Kier alpha value is -0.690. The van der Waals surface area contributed by atoms with Crippen LogP contribution >= 0.6 is 0 Å². The molecule has 0 aromatic rings. The number of aliphatic hydroxyl groups excluding tert-OH is 1. The molecule has 0 aromatic carbocycles. The van der Waals surface area contributed by atoms with E-state index in [1.165, 1.54) is 0 Å². The molecule has 172 valence electrons. The molecule has 1 saturated heterocycles. The zero-order valence-electron chi connectivity index (χ0n) is 19.7. The number of nitrogens with two attached hydrogens (primary N) is 1. The molecule has 29 heavy (non-hydrogen) atoms. The van der Waals surface area contributed by atoms with Gasteiger partial charge in [-0.15, -0.1) is 0 Å². The molecule has 1 rings (SSSR count). The molecule has 0 aromatic heterocycles. The number of nitrogens with zero attached hydrogens (tertiary/aromatic N) is 1. The van der Waals surface area contributed by atoms with Crippen molar-refractivity contribution < 1.29 is 19.7 Å². The maximum Gasteiger partial charge on any atom is 0.309 e. The second-order valence-electron chi connectivity index (χ2n) is 9.95. The van der Waals surface area contributed by atoms with E-state index in [9.17, 15) is 15.0 Å². The van der Waals surface area contributed by atoms with Crippen LogP contribution in [0.3, 0.4) is 0 Å². The summed E-state index contributed by atoms with van der Waals surface area (Å²) in [6, 6.07) is -0.305. The first kappa shape index (κ1) is 26.3. The lowest BCUT2D eigenvalue weighted by Crippen LogP contribution is -2.60. The Morgan fingerprint density at radius 2 is 1.66 bits per heavy atom. The average Bonchev–Trinajstić information content (AvgIpc) is 2.62. The van der Waals surface area contributed by atoms with Crippen LogP contribution < -0.4 is 5.73 Å². The van der Waals surface area contributed by atoms with Crippen LogP contribution in [-0.2, 0) is 9.53 Å². The summed E-state index contributed by atoms with van der Waals surface area (Å²) >= 11 is 0. The summed E-state index contributed by atoms with van der Waals surface area (Å²) in [6.45, 7) is 15.9. The minimum absolute atomic E-state index is 0.229. The van der Waals surface area contributed by atoms with Gasteiger partial charge in [0.1, 0.15) is 17.8 Å². The van der Waals surface area contributed by atoms with Gasteiger partial charge >= 0.3 is 5.97 Å². The minimum atomic E-state index is -1.54. The number of ether oxygens (including phenoxy) is 1. The van der Waals surface area contributed by atoms with Gasteiger partial charge in [0.25, 0.3) is 0 Å². The molecule has 0 spiro atoms. The highest BCUT2D eigenvalue weighted by molar-refractivity contribution is 5.72. The molecule has 1 fully saturated rings. The van der Waals surface area contributed by atoms with Gasteiger partial charge in [0.15, 0.2) is 0 Å². The van der Waals surface area contributed by atoms with Crippen molar-refractivity contribution in [3.05, 3.63) is 0 Å². The van der Waals surface area contributed by atoms with Gasteiger partial charge in [0.2, 0.25) is 0 Å². The zero-order valence-corrected chi connectivity index (χ0v) is 19.7. The summed E-state index contributed by atoms with van der Waals surface area (Å²) in [5.41, 5.74) is 4.30.